The minimum Gasteiger partial charge on any atom is -0.343 e. The maximum Gasteiger partial charge on any atom is 0.269 e. The first-order valence-electron chi connectivity index (χ1n) is 6.85. The van der Waals surface area contributed by atoms with Crippen molar-refractivity contribution in [2.75, 3.05) is 11.9 Å². The maximum atomic E-state index is 11.9. The highest BCUT2D eigenvalue weighted by Gasteiger charge is 2.10. The van der Waals surface area contributed by atoms with Crippen molar-refractivity contribution in [3.05, 3.63) is 69.8 Å². The zero-order valence-corrected chi connectivity index (χ0v) is 12.4. The highest BCUT2D eigenvalue weighted by Crippen LogP contribution is 2.12. The average molecular weight is 313 g/mol. The minimum absolute atomic E-state index is 0.0985. The van der Waals surface area contributed by atoms with E-state index in [9.17, 15) is 19.7 Å². The van der Waals surface area contributed by atoms with Crippen molar-refractivity contribution in [2.24, 2.45) is 0 Å². The van der Waals surface area contributed by atoms with Crippen molar-refractivity contribution in [2.45, 2.75) is 6.92 Å². The van der Waals surface area contributed by atoms with Gasteiger partial charge >= 0.3 is 0 Å². The predicted octanol–water partition coefficient (Wildman–Crippen LogP) is 2.27. The van der Waals surface area contributed by atoms with E-state index in [1.54, 1.807) is 12.1 Å². The lowest BCUT2D eigenvalue weighted by atomic mass is 10.2. The Hall–Kier alpha value is -3.22. The Balaban J connectivity index is 1.87. The first-order valence-corrected chi connectivity index (χ1v) is 6.85. The van der Waals surface area contributed by atoms with Crippen LogP contribution in [-0.2, 0) is 4.79 Å². The number of carbonyl (C=O) groups excluding carboxylic acids is 2. The van der Waals surface area contributed by atoms with Gasteiger partial charge in [0.2, 0.25) is 5.91 Å². The summed E-state index contributed by atoms with van der Waals surface area (Å²) >= 11 is 0. The van der Waals surface area contributed by atoms with Gasteiger partial charge in [-0.2, -0.15) is 0 Å². The molecular formula is C16H15N3O4. The second-order valence-corrected chi connectivity index (χ2v) is 4.90. The van der Waals surface area contributed by atoms with Crippen LogP contribution in [0.4, 0.5) is 11.4 Å². The van der Waals surface area contributed by atoms with Gasteiger partial charge in [0.1, 0.15) is 0 Å². The molecule has 2 N–H and O–H groups in total. The smallest absolute Gasteiger partial charge is 0.269 e. The Kier molecular flexibility index (Phi) is 5.03. The van der Waals surface area contributed by atoms with Crippen LogP contribution in [0.5, 0.6) is 0 Å². The molecule has 0 fully saturated rings. The summed E-state index contributed by atoms with van der Waals surface area (Å²) in [4.78, 5) is 33.6. The SMILES string of the molecule is Cc1ccc(NC(=O)CNC(=O)c2ccc([N+](=O)[O-])cc2)cc1. The Morgan fingerprint density at radius 1 is 1.04 bits per heavy atom. The predicted molar refractivity (Wildman–Crippen MR) is 85.2 cm³/mol. The summed E-state index contributed by atoms with van der Waals surface area (Å²) in [6, 6.07) is 12.4. The zero-order chi connectivity index (χ0) is 16.8. The number of nitro benzene ring substituents is 1. The van der Waals surface area contributed by atoms with E-state index in [0.29, 0.717) is 5.69 Å². The van der Waals surface area contributed by atoms with Gasteiger partial charge in [-0.3, -0.25) is 19.7 Å². The third-order valence-electron chi connectivity index (χ3n) is 3.09. The number of nitro groups is 1. The molecular weight excluding hydrogens is 298 g/mol. The van der Waals surface area contributed by atoms with Gasteiger partial charge in [0.05, 0.1) is 11.5 Å². The van der Waals surface area contributed by atoms with E-state index in [2.05, 4.69) is 10.6 Å². The van der Waals surface area contributed by atoms with Crippen LogP contribution in [0.25, 0.3) is 0 Å². The number of anilines is 1. The Morgan fingerprint density at radius 3 is 2.22 bits per heavy atom. The van der Waals surface area contributed by atoms with Crippen molar-refractivity contribution in [1.82, 2.24) is 5.32 Å². The number of rotatable bonds is 5. The summed E-state index contributed by atoms with van der Waals surface area (Å²) in [6.45, 7) is 1.75. The Morgan fingerprint density at radius 2 is 1.65 bits per heavy atom. The number of hydrogen-bond acceptors (Lipinski definition) is 4. The molecule has 0 saturated heterocycles. The number of benzene rings is 2. The molecule has 2 aromatic rings. The molecule has 0 aromatic heterocycles. The first-order chi connectivity index (χ1) is 11.0. The van der Waals surface area contributed by atoms with Crippen LogP contribution in [0.3, 0.4) is 0 Å². The summed E-state index contributed by atoms with van der Waals surface area (Å²) in [5.74, 6) is -0.830. The van der Waals surface area contributed by atoms with Crippen LogP contribution in [-0.4, -0.2) is 23.3 Å². The molecule has 0 unspecified atom stereocenters. The summed E-state index contributed by atoms with van der Waals surface area (Å²) in [5, 5.41) is 15.7. The van der Waals surface area contributed by atoms with Crippen LogP contribution >= 0.6 is 0 Å². The molecule has 0 aliphatic heterocycles. The fourth-order valence-electron chi connectivity index (χ4n) is 1.84. The molecule has 0 radical (unpaired) electrons. The van der Waals surface area contributed by atoms with Crippen molar-refractivity contribution in [3.63, 3.8) is 0 Å². The molecule has 7 nitrogen and oxygen atoms in total. The molecule has 2 rings (SSSR count). The lowest BCUT2D eigenvalue weighted by Crippen LogP contribution is -2.32. The minimum atomic E-state index is -0.545. The molecule has 0 atom stereocenters. The van der Waals surface area contributed by atoms with Crippen LogP contribution in [0.1, 0.15) is 15.9 Å². The molecule has 0 saturated carbocycles. The van der Waals surface area contributed by atoms with E-state index in [0.717, 1.165) is 5.56 Å². The lowest BCUT2D eigenvalue weighted by Gasteiger charge is -2.07. The second kappa shape index (κ2) is 7.17. The monoisotopic (exact) mass is 313 g/mol. The molecule has 0 bridgehead atoms. The van der Waals surface area contributed by atoms with E-state index in [-0.39, 0.29) is 23.7 Å². The van der Waals surface area contributed by atoms with Gasteiger partial charge in [-0.1, -0.05) is 17.7 Å². The van der Waals surface area contributed by atoms with Crippen LogP contribution in [0.15, 0.2) is 48.5 Å². The molecule has 2 amide bonds. The number of amides is 2. The van der Waals surface area contributed by atoms with Gasteiger partial charge in [0.15, 0.2) is 0 Å². The molecule has 7 heteroatoms. The second-order valence-electron chi connectivity index (χ2n) is 4.90. The van der Waals surface area contributed by atoms with Crippen molar-refractivity contribution in [3.8, 4) is 0 Å². The molecule has 0 heterocycles. The summed E-state index contributed by atoms with van der Waals surface area (Å²) in [6.07, 6.45) is 0. The van der Waals surface area contributed by atoms with E-state index in [1.165, 1.54) is 24.3 Å². The van der Waals surface area contributed by atoms with Gasteiger partial charge in [0.25, 0.3) is 11.6 Å². The highest BCUT2D eigenvalue weighted by molar-refractivity contribution is 5.99. The number of carbonyl (C=O) groups is 2. The van der Waals surface area contributed by atoms with Crippen molar-refractivity contribution in [1.29, 1.82) is 0 Å². The number of hydrogen-bond donors (Lipinski definition) is 2. The van der Waals surface area contributed by atoms with E-state index in [4.69, 9.17) is 0 Å². The third kappa shape index (κ3) is 4.63. The molecule has 0 aliphatic carbocycles. The van der Waals surface area contributed by atoms with Gasteiger partial charge in [-0.15, -0.1) is 0 Å². The van der Waals surface area contributed by atoms with Crippen LogP contribution in [0.2, 0.25) is 0 Å². The average Bonchev–Trinajstić information content (AvgIpc) is 2.55. The standard InChI is InChI=1S/C16H15N3O4/c1-11-2-6-13(7-3-11)18-15(20)10-17-16(21)12-4-8-14(9-5-12)19(22)23/h2-9H,10H2,1H3,(H,17,21)(H,18,20). The van der Waals surface area contributed by atoms with Crippen LogP contribution < -0.4 is 10.6 Å². The van der Waals surface area contributed by atoms with Gasteiger partial charge in [0, 0.05) is 23.4 Å². The maximum absolute atomic E-state index is 11.9. The third-order valence-corrected chi connectivity index (χ3v) is 3.09. The number of nitrogens with zero attached hydrogens (tertiary/aromatic N) is 1. The van der Waals surface area contributed by atoms with Crippen molar-refractivity contribution >= 4 is 23.2 Å². The molecule has 0 spiro atoms. The number of non-ortho nitro benzene ring substituents is 1. The van der Waals surface area contributed by atoms with Gasteiger partial charge < -0.3 is 10.6 Å². The van der Waals surface area contributed by atoms with Crippen molar-refractivity contribution < 1.29 is 14.5 Å². The summed E-state index contributed by atoms with van der Waals surface area (Å²) in [5.41, 5.74) is 1.87. The largest absolute Gasteiger partial charge is 0.343 e. The quantitative estimate of drug-likeness (QED) is 0.653. The lowest BCUT2D eigenvalue weighted by molar-refractivity contribution is -0.384. The normalized spacial score (nSPS) is 9.96. The molecule has 0 aliphatic rings. The Labute approximate surface area is 132 Å². The topological polar surface area (TPSA) is 101 Å². The van der Waals surface area contributed by atoms with Gasteiger partial charge in [-0.05, 0) is 31.2 Å². The van der Waals surface area contributed by atoms with Gasteiger partial charge in [-0.25, -0.2) is 0 Å². The molecule has 118 valence electrons. The highest BCUT2D eigenvalue weighted by atomic mass is 16.6. The molecule has 23 heavy (non-hydrogen) atoms. The van der Waals surface area contributed by atoms with E-state index >= 15 is 0 Å². The Bertz CT molecular complexity index is 724. The van der Waals surface area contributed by atoms with E-state index in [1.807, 2.05) is 19.1 Å². The summed E-state index contributed by atoms with van der Waals surface area (Å²) in [7, 11) is 0. The number of aryl methyl sites for hydroxylation is 1. The first kappa shape index (κ1) is 16.2. The zero-order valence-electron chi connectivity index (χ0n) is 12.4. The summed E-state index contributed by atoms with van der Waals surface area (Å²) < 4.78 is 0. The fourth-order valence-corrected chi connectivity index (χ4v) is 1.84. The van der Waals surface area contributed by atoms with Crippen LogP contribution in [0, 0.1) is 17.0 Å². The number of nitrogens with one attached hydrogen (secondary N) is 2. The fraction of sp³-hybridized carbons (Fsp3) is 0.125. The van der Waals surface area contributed by atoms with E-state index < -0.39 is 10.8 Å². The molecule has 2 aromatic carbocycles.